The smallest absolute Gasteiger partial charge is 0.327 e. The van der Waals surface area contributed by atoms with Crippen LogP contribution in [0, 0.1) is 0 Å². The van der Waals surface area contributed by atoms with Crippen molar-refractivity contribution in [2.75, 3.05) is 44.4 Å². The lowest BCUT2D eigenvalue weighted by Crippen LogP contribution is -2.49. The highest BCUT2D eigenvalue weighted by Gasteiger charge is 2.52. The Labute approximate surface area is 325 Å². The van der Waals surface area contributed by atoms with E-state index in [1.54, 1.807) is 6.92 Å². The summed E-state index contributed by atoms with van der Waals surface area (Å²) in [5.74, 6) is -0.0601. The molecule has 1 saturated carbocycles. The van der Waals surface area contributed by atoms with Gasteiger partial charge in [0.25, 0.3) is 0 Å². The molecule has 0 N–H and O–H groups in total. The largest absolute Gasteiger partial charge is 0.465 e. The highest BCUT2D eigenvalue weighted by molar-refractivity contribution is 9.10. The predicted molar refractivity (Wildman–Crippen MR) is 220 cm³/mol. The van der Waals surface area contributed by atoms with Gasteiger partial charge in [-0.1, -0.05) is 51.4 Å². The Morgan fingerprint density at radius 1 is 1.00 bits per heavy atom. The molecule has 0 saturated heterocycles. The highest BCUT2D eigenvalue weighted by Crippen LogP contribution is 2.46. The molecule has 0 aromatic carbocycles. The number of esters is 1. The van der Waals surface area contributed by atoms with Crippen LogP contribution in [0.3, 0.4) is 0 Å². The van der Waals surface area contributed by atoms with Gasteiger partial charge >= 0.3 is 5.97 Å². The van der Waals surface area contributed by atoms with E-state index in [9.17, 15) is 13.2 Å². The van der Waals surface area contributed by atoms with Crippen molar-refractivity contribution < 1.29 is 27.4 Å². The number of allylic oxidation sites excluding steroid dienone is 4. The lowest BCUT2D eigenvalue weighted by Gasteiger charge is -2.37. The molecule has 1 fully saturated rings. The molecule has 0 bridgehead atoms. The Morgan fingerprint density at radius 3 is 2.19 bits per heavy atom. The second-order valence-corrected chi connectivity index (χ2v) is 31.1. The summed E-state index contributed by atoms with van der Waals surface area (Å²) in [6.07, 6.45) is 16.4. The number of halogens is 1. The van der Waals surface area contributed by atoms with E-state index in [1.165, 1.54) is 0 Å². The standard InChI is InChI=1S/C37H57BrN6O6SSi2/c1-9-50-36(45)37(51(2,46)47)17-15-28(16-18-37)33-32(38)35(42(26-48-19-21-52(3,4)5)27-49-20-22-53(6,7)8)44-34(41-33)31(24-40-44)29-23-39-43(25-29)30-13-11-10-12-14-30/h11,13-14,23-25,28H,9-10,12,15-22,26-27H2,1-8H3. The topological polar surface area (TPSA) is 130 Å². The summed E-state index contributed by atoms with van der Waals surface area (Å²) < 4.78 is 47.2. The molecule has 0 amide bonds. The van der Waals surface area contributed by atoms with Crippen LogP contribution in [0.15, 0.2) is 41.3 Å². The van der Waals surface area contributed by atoms with Crippen LogP contribution in [0.5, 0.6) is 0 Å². The van der Waals surface area contributed by atoms with Crippen LogP contribution >= 0.6 is 15.9 Å². The fourth-order valence-electron chi connectivity index (χ4n) is 6.71. The van der Waals surface area contributed by atoms with Gasteiger partial charge in [-0.15, -0.1) is 0 Å². The molecule has 0 radical (unpaired) electrons. The van der Waals surface area contributed by atoms with Crippen LogP contribution in [0.25, 0.3) is 22.5 Å². The van der Waals surface area contributed by atoms with Gasteiger partial charge in [0.15, 0.2) is 26.0 Å². The van der Waals surface area contributed by atoms with Gasteiger partial charge in [0.2, 0.25) is 0 Å². The van der Waals surface area contributed by atoms with Crippen molar-refractivity contribution in [3.8, 4) is 11.1 Å². The zero-order chi connectivity index (χ0) is 38.6. The summed E-state index contributed by atoms with van der Waals surface area (Å²) >= 11 is 3.96. The zero-order valence-corrected chi connectivity index (χ0v) is 37.1. The number of ether oxygens (including phenoxy) is 3. The Hall–Kier alpha value is -2.64. The van der Waals surface area contributed by atoms with Crippen molar-refractivity contribution in [3.05, 3.63) is 47.0 Å². The second-order valence-electron chi connectivity index (χ2n) is 16.7. The summed E-state index contributed by atoms with van der Waals surface area (Å²) in [6.45, 7) is 17.7. The SMILES string of the molecule is CCOC(=O)C1(S(C)(=O)=O)CCC(c2nc3c(-c4cnn(C5=CCCC=C5)c4)cnn3c(N(COCC[Si](C)(C)C)COCC[Si](C)(C)C)c2Br)CC1. The lowest BCUT2D eigenvalue weighted by molar-refractivity contribution is -0.147. The summed E-state index contributed by atoms with van der Waals surface area (Å²) in [5.41, 5.74) is 4.13. The van der Waals surface area contributed by atoms with E-state index in [4.69, 9.17) is 24.3 Å². The van der Waals surface area contributed by atoms with Crippen molar-refractivity contribution in [1.29, 1.82) is 0 Å². The first-order valence-electron chi connectivity index (χ1n) is 18.7. The highest BCUT2D eigenvalue weighted by atomic mass is 79.9. The molecule has 3 heterocycles. The zero-order valence-electron chi connectivity index (χ0n) is 32.7. The number of rotatable bonds is 17. The number of hydrogen-bond donors (Lipinski definition) is 0. The fraction of sp³-hybridized carbons (Fsp3) is 0.622. The van der Waals surface area contributed by atoms with E-state index in [1.807, 2.05) is 27.8 Å². The average Bonchev–Trinajstić information content (AvgIpc) is 3.74. The van der Waals surface area contributed by atoms with Crippen LogP contribution in [0.1, 0.15) is 57.1 Å². The molecule has 16 heteroatoms. The molecule has 3 aromatic rings. The van der Waals surface area contributed by atoms with Crippen LogP contribution in [-0.2, 0) is 28.8 Å². The molecule has 0 aliphatic heterocycles. The molecule has 292 valence electrons. The Morgan fingerprint density at radius 2 is 1.64 bits per heavy atom. The quantitative estimate of drug-likeness (QED) is 0.0571. The summed E-state index contributed by atoms with van der Waals surface area (Å²) in [7, 11) is -6.40. The number of sulfone groups is 1. The first-order valence-corrected chi connectivity index (χ1v) is 28.8. The number of nitrogens with zero attached hydrogens (tertiary/aromatic N) is 6. The first-order chi connectivity index (χ1) is 24.9. The van der Waals surface area contributed by atoms with Gasteiger partial charge in [-0.3, -0.25) is 4.79 Å². The number of carbonyl (C=O) groups is 1. The third-order valence-electron chi connectivity index (χ3n) is 10.0. The third-order valence-corrected chi connectivity index (χ3v) is 16.2. The Bertz CT molecular complexity index is 1900. The van der Waals surface area contributed by atoms with Crippen LogP contribution in [0.2, 0.25) is 51.4 Å². The van der Waals surface area contributed by atoms with Crippen molar-refractivity contribution in [1.82, 2.24) is 24.4 Å². The van der Waals surface area contributed by atoms with E-state index >= 15 is 0 Å². The number of anilines is 1. The van der Waals surface area contributed by atoms with Crippen molar-refractivity contribution in [3.63, 3.8) is 0 Å². The van der Waals surface area contributed by atoms with Crippen LogP contribution in [0.4, 0.5) is 5.82 Å². The number of carbonyl (C=O) groups excluding carboxylic acids is 1. The van der Waals surface area contributed by atoms with Gasteiger partial charge in [-0.25, -0.2) is 18.1 Å². The Kier molecular flexibility index (Phi) is 13.3. The van der Waals surface area contributed by atoms with E-state index in [-0.39, 0.29) is 38.8 Å². The maximum atomic E-state index is 13.2. The molecule has 53 heavy (non-hydrogen) atoms. The molecule has 0 spiro atoms. The van der Waals surface area contributed by atoms with Crippen molar-refractivity contribution in [2.24, 2.45) is 0 Å². The van der Waals surface area contributed by atoms with Gasteiger partial charge in [-0.05, 0) is 79.5 Å². The normalized spacial score (nSPS) is 19.8. The van der Waals surface area contributed by atoms with E-state index in [2.05, 4.69) is 83.4 Å². The fourth-order valence-corrected chi connectivity index (χ4v) is 10.4. The molecule has 5 rings (SSSR count). The molecule has 2 aliphatic carbocycles. The van der Waals surface area contributed by atoms with Crippen molar-refractivity contribution >= 4 is 65.0 Å². The Balaban J connectivity index is 1.58. The molecule has 12 nitrogen and oxygen atoms in total. The summed E-state index contributed by atoms with van der Waals surface area (Å²) in [4.78, 5) is 20.5. The molecule has 3 aromatic heterocycles. The number of fused-ring (bicyclic) bond motifs is 1. The van der Waals surface area contributed by atoms with Gasteiger partial charge in [-0.2, -0.15) is 14.7 Å². The number of aromatic nitrogens is 5. The predicted octanol–water partition coefficient (Wildman–Crippen LogP) is 7.98. The molecule has 2 aliphatic rings. The van der Waals surface area contributed by atoms with Crippen molar-refractivity contribution in [2.45, 2.75) is 107 Å². The van der Waals surface area contributed by atoms with Gasteiger partial charge in [0, 0.05) is 58.9 Å². The molecule has 0 atom stereocenters. The molecular formula is C37H57BrN6O6SSi2. The minimum atomic E-state index is -3.74. The second kappa shape index (κ2) is 17.0. The molecule has 0 unspecified atom stereocenters. The van der Waals surface area contributed by atoms with E-state index in [0.29, 0.717) is 31.7 Å². The van der Waals surface area contributed by atoms with Crippen LogP contribution in [-0.4, -0.2) is 99.2 Å². The van der Waals surface area contributed by atoms with Gasteiger partial charge in [0.05, 0.1) is 34.9 Å². The number of hydrogen-bond acceptors (Lipinski definition) is 10. The first kappa shape index (κ1) is 41.5. The summed E-state index contributed by atoms with van der Waals surface area (Å²) in [6, 6.07) is 2.06. The summed E-state index contributed by atoms with van der Waals surface area (Å²) in [5, 5.41) is 9.58. The third kappa shape index (κ3) is 9.98. The monoisotopic (exact) mass is 848 g/mol. The maximum absolute atomic E-state index is 13.2. The lowest BCUT2D eigenvalue weighted by atomic mass is 9.79. The van der Waals surface area contributed by atoms with Gasteiger partial charge in [0.1, 0.15) is 13.5 Å². The maximum Gasteiger partial charge on any atom is 0.327 e. The average molecular weight is 850 g/mol. The van der Waals surface area contributed by atoms with Crippen LogP contribution < -0.4 is 4.90 Å². The van der Waals surface area contributed by atoms with E-state index in [0.717, 1.165) is 64.0 Å². The minimum absolute atomic E-state index is 0.122. The van der Waals surface area contributed by atoms with E-state index < -0.39 is 36.7 Å². The molecular weight excluding hydrogens is 793 g/mol. The van der Waals surface area contributed by atoms with Gasteiger partial charge < -0.3 is 19.1 Å². The minimum Gasteiger partial charge on any atom is -0.465 e.